The van der Waals surface area contributed by atoms with Crippen molar-refractivity contribution in [1.29, 1.82) is 0 Å². The standard InChI is InChI=1S/C16H16FN3O2/c17-13-2-4-14(5-3-13)22-15-6-1-12(11-19-15)16(21)20-9-7-18-8-10-20/h1-6,11,18H,7-10H2. The van der Waals surface area contributed by atoms with Crippen LogP contribution in [0.1, 0.15) is 10.4 Å². The van der Waals surface area contributed by atoms with Crippen molar-refractivity contribution in [3.05, 3.63) is 54.0 Å². The smallest absolute Gasteiger partial charge is 0.255 e. The third-order valence-electron chi connectivity index (χ3n) is 3.42. The molecule has 0 spiro atoms. The first kappa shape index (κ1) is 14.5. The zero-order valence-electron chi connectivity index (χ0n) is 12.0. The van der Waals surface area contributed by atoms with E-state index in [4.69, 9.17) is 4.74 Å². The number of nitrogens with zero attached hydrogens (tertiary/aromatic N) is 2. The van der Waals surface area contributed by atoms with Crippen LogP contribution in [0.2, 0.25) is 0 Å². The number of pyridine rings is 1. The molecule has 6 heteroatoms. The van der Waals surface area contributed by atoms with Gasteiger partial charge in [-0.2, -0.15) is 0 Å². The number of hydrogen-bond donors (Lipinski definition) is 1. The Hall–Kier alpha value is -2.47. The van der Waals surface area contributed by atoms with E-state index in [1.165, 1.54) is 30.5 Å². The minimum Gasteiger partial charge on any atom is -0.439 e. The fourth-order valence-corrected chi connectivity index (χ4v) is 2.24. The van der Waals surface area contributed by atoms with Gasteiger partial charge in [0.1, 0.15) is 11.6 Å². The first-order valence-electron chi connectivity index (χ1n) is 7.12. The van der Waals surface area contributed by atoms with E-state index in [0.717, 1.165) is 13.1 Å². The maximum atomic E-state index is 12.8. The third-order valence-corrected chi connectivity index (χ3v) is 3.42. The number of amides is 1. The van der Waals surface area contributed by atoms with Gasteiger partial charge in [-0.1, -0.05) is 0 Å². The Kier molecular flexibility index (Phi) is 4.29. The van der Waals surface area contributed by atoms with E-state index in [0.29, 0.717) is 30.3 Å². The number of piperazine rings is 1. The fourth-order valence-electron chi connectivity index (χ4n) is 2.24. The molecule has 22 heavy (non-hydrogen) atoms. The van der Waals surface area contributed by atoms with Gasteiger partial charge in [0.2, 0.25) is 5.88 Å². The van der Waals surface area contributed by atoms with Gasteiger partial charge in [-0.15, -0.1) is 0 Å². The van der Waals surface area contributed by atoms with Gasteiger partial charge in [-0.25, -0.2) is 9.37 Å². The molecule has 114 valence electrons. The van der Waals surface area contributed by atoms with Crippen molar-refractivity contribution in [3.8, 4) is 11.6 Å². The number of carbonyl (C=O) groups excluding carboxylic acids is 1. The number of hydrogen-bond acceptors (Lipinski definition) is 4. The highest BCUT2D eigenvalue weighted by atomic mass is 19.1. The summed E-state index contributed by atoms with van der Waals surface area (Å²) >= 11 is 0. The van der Waals surface area contributed by atoms with E-state index in [2.05, 4.69) is 10.3 Å². The number of rotatable bonds is 3. The van der Waals surface area contributed by atoms with E-state index < -0.39 is 0 Å². The fraction of sp³-hybridized carbons (Fsp3) is 0.250. The molecule has 1 aliphatic rings. The maximum absolute atomic E-state index is 12.8. The molecule has 1 aromatic carbocycles. The molecule has 1 aromatic heterocycles. The second-order valence-corrected chi connectivity index (χ2v) is 4.98. The van der Waals surface area contributed by atoms with E-state index in [1.807, 2.05) is 0 Å². The summed E-state index contributed by atoms with van der Waals surface area (Å²) in [5.74, 6) is 0.512. The Morgan fingerprint density at radius 3 is 2.50 bits per heavy atom. The Bertz CT molecular complexity index is 637. The molecule has 5 nitrogen and oxygen atoms in total. The lowest BCUT2D eigenvalue weighted by atomic mass is 10.2. The summed E-state index contributed by atoms with van der Waals surface area (Å²) in [7, 11) is 0. The molecule has 0 bridgehead atoms. The van der Waals surface area contributed by atoms with E-state index >= 15 is 0 Å². The Morgan fingerprint density at radius 1 is 1.14 bits per heavy atom. The van der Waals surface area contributed by atoms with Crippen molar-refractivity contribution < 1.29 is 13.9 Å². The molecule has 3 rings (SSSR count). The Morgan fingerprint density at radius 2 is 1.86 bits per heavy atom. The van der Waals surface area contributed by atoms with Crippen LogP contribution in [-0.4, -0.2) is 42.0 Å². The van der Waals surface area contributed by atoms with E-state index in [-0.39, 0.29) is 11.7 Å². The summed E-state index contributed by atoms with van der Waals surface area (Å²) < 4.78 is 18.3. The minimum atomic E-state index is -0.322. The molecule has 2 aromatic rings. The Balaban J connectivity index is 1.66. The molecule has 0 aliphatic carbocycles. The molecule has 1 aliphatic heterocycles. The Labute approximate surface area is 127 Å². The van der Waals surface area contributed by atoms with Crippen LogP contribution in [0.15, 0.2) is 42.6 Å². The molecular formula is C16H16FN3O2. The molecule has 0 atom stereocenters. The van der Waals surface area contributed by atoms with Crippen LogP contribution in [0.3, 0.4) is 0 Å². The van der Waals surface area contributed by atoms with Crippen LogP contribution < -0.4 is 10.1 Å². The highest BCUT2D eigenvalue weighted by Gasteiger charge is 2.18. The highest BCUT2D eigenvalue weighted by molar-refractivity contribution is 5.94. The van der Waals surface area contributed by atoms with Gasteiger partial charge in [0, 0.05) is 38.4 Å². The van der Waals surface area contributed by atoms with Gasteiger partial charge in [0.15, 0.2) is 0 Å². The van der Waals surface area contributed by atoms with Crippen LogP contribution >= 0.6 is 0 Å². The van der Waals surface area contributed by atoms with Crippen LogP contribution in [-0.2, 0) is 0 Å². The first-order valence-corrected chi connectivity index (χ1v) is 7.12. The molecule has 1 fully saturated rings. The summed E-state index contributed by atoms with van der Waals surface area (Å²) in [6.07, 6.45) is 1.50. The van der Waals surface area contributed by atoms with Gasteiger partial charge >= 0.3 is 0 Å². The lowest BCUT2D eigenvalue weighted by Crippen LogP contribution is -2.46. The van der Waals surface area contributed by atoms with Crippen LogP contribution in [0.5, 0.6) is 11.6 Å². The van der Waals surface area contributed by atoms with Crippen molar-refractivity contribution in [3.63, 3.8) is 0 Å². The molecule has 1 saturated heterocycles. The van der Waals surface area contributed by atoms with Crippen molar-refractivity contribution in [2.45, 2.75) is 0 Å². The number of nitrogens with one attached hydrogen (secondary N) is 1. The highest BCUT2D eigenvalue weighted by Crippen LogP contribution is 2.19. The van der Waals surface area contributed by atoms with E-state index in [9.17, 15) is 9.18 Å². The zero-order chi connectivity index (χ0) is 15.4. The SMILES string of the molecule is O=C(c1ccc(Oc2ccc(F)cc2)nc1)N1CCNCC1. The normalized spacial score (nSPS) is 14.7. The number of aromatic nitrogens is 1. The van der Waals surface area contributed by atoms with Crippen molar-refractivity contribution >= 4 is 5.91 Å². The van der Waals surface area contributed by atoms with Gasteiger partial charge in [0.25, 0.3) is 5.91 Å². The van der Waals surface area contributed by atoms with Crippen molar-refractivity contribution in [1.82, 2.24) is 15.2 Å². The lowest BCUT2D eigenvalue weighted by Gasteiger charge is -2.27. The lowest BCUT2D eigenvalue weighted by molar-refractivity contribution is 0.0735. The maximum Gasteiger partial charge on any atom is 0.255 e. The summed E-state index contributed by atoms with van der Waals surface area (Å²) in [6, 6.07) is 9.01. The van der Waals surface area contributed by atoms with Gasteiger partial charge < -0.3 is 15.0 Å². The number of halogens is 1. The van der Waals surface area contributed by atoms with Gasteiger partial charge in [0.05, 0.1) is 5.56 Å². The summed E-state index contributed by atoms with van der Waals surface area (Å²) in [4.78, 5) is 18.2. The van der Waals surface area contributed by atoms with Crippen LogP contribution in [0, 0.1) is 5.82 Å². The second-order valence-electron chi connectivity index (χ2n) is 4.98. The van der Waals surface area contributed by atoms with Crippen LogP contribution in [0.25, 0.3) is 0 Å². The monoisotopic (exact) mass is 301 g/mol. The van der Waals surface area contributed by atoms with Crippen molar-refractivity contribution in [2.75, 3.05) is 26.2 Å². The van der Waals surface area contributed by atoms with Crippen LogP contribution in [0.4, 0.5) is 4.39 Å². The molecule has 2 heterocycles. The molecule has 1 N–H and O–H groups in total. The summed E-state index contributed by atoms with van der Waals surface area (Å²) in [6.45, 7) is 3.02. The van der Waals surface area contributed by atoms with Crippen molar-refractivity contribution in [2.24, 2.45) is 0 Å². The molecule has 0 unspecified atom stereocenters. The second kappa shape index (κ2) is 6.53. The average Bonchev–Trinajstić information content (AvgIpc) is 2.58. The molecule has 0 saturated carbocycles. The molecule has 0 radical (unpaired) electrons. The minimum absolute atomic E-state index is 0.0256. The van der Waals surface area contributed by atoms with E-state index in [1.54, 1.807) is 17.0 Å². The topological polar surface area (TPSA) is 54.5 Å². The third kappa shape index (κ3) is 3.40. The number of benzene rings is 1. The number of ether oxygens (including phenoxy) is 1. The average molecular weight is 301 g/mol. The van der Waals surface area contributed by atoms with Gasteiger partial charge in [-0.3, -0.25) is 4.79 Å². The zero-order valence-corrected chi connectivity index (χ0v) is 12.0. The largest absolute Gasteiger partial charge is 0.439 e. The summed E-state index contributed by atoms with van der Waals surface area (Å²) in [5.41, 5.74) is 0.536. The molecule has 1 amide bonds. The van der Waals surface area contributed by atoms with Gasteiger partial charge in [-0.05, 0) is 30.3 Å². The number of carbonyl (C=O) groups is 1. The quantitative estimate of drug-likeness (QED) is 0.943. The first-order chi connectivity index (χ1) is 10.7. The predicted octanol–water partition coefficient (Wildman–Crippen LogP) is 2.06. The predicted molar refractivity (Wildman–Crippen MR) is 79.5 cm³/mol. The molecular weight excluding hydrogens is 285 g/mol. The summed E-state index contributed by atoms with van der Waals surface area (Å²) in [5, 5.41) is 3.21.